The minimum Gasteiger partial charge on any atom is -0.462 e. The Morgan fingerprint density at radius 1 is 1.34 bits per heavy atom. The topological polar surface area (TPSA) is 49.8 Å². The van der Waals surface area contributed by atoms with Crippen LogP contribution >= 0.6 is 0 Å². The zero-order valence-electron chi connectivity index (χ0n) is 18.0. The maximum atomic E-state index is 12.8. The zero-order chi connectivity index (χ0) is 20.8. The number of esters is 1. The molecule has 29 heavy (non-hydrogen) atoms. The van der Waals surface area contributed by atoms with Gasteiger partial charge in [-0.05, 0) is 63.0 Å². The quantitative estimate of drug-likeness (QED) is 0.593. The highest BCUT2D eigenvalue weighted by Gasteiger charge is 2.55. The van der Waals surface area contributed by atoms with Crippen molar-refractivity contribution in [1.29, 1.82) is 0 Å². The number of carbonyl (C=O) groups is 1. The Kier molecular flexibility index (Phi) is 5.60. The summed E-state index contributed by atoms with van der Waals surface area (Å²) in [6.07, 6.45) is 4.98. The molecule has 1 N–H and O–H groups in total. The first kappa shape index (κ1) is 20.6. The van der Waals surface area contributed by atoms with Crippen molar-refractivity contribution in [3.63, 3.8) is 0 Å². The fourth-order valence-electron chi connectivity index (χ4n) is 6.11. The summed E-state index contributed by atoms with van der Waals surface area (Å²) in [5.74, 6) is 0.599. The maximum Gasteiger partial charge on any atom is 0.310 e. The van der Waals surface area contributed by atoms with Crippen molar-refractivity contribution in [3.8, 4) is 0 Å². The molecule has 0 radical (unpaired) electrons. The van der Waals surface area contributed by atoms with Gasteiger partial charge in [-0.2, -0.15) is 0 Å². The number of hydrogen-bond donors (Lipinski definition) is 1. The predicted octanol–water partition coefficient (Wildman–Crippen LogP) is 4.35. The second kappa shape index (κ2) is 7.88. The van der Waals surface area contributed by atoms with Crippen LogP contribution in [0.5, 0.6) is 0 Å². The summed E-state index contributed by atoms with van der Waals surface area (Å²) >= 11 is 0. The first-order valence-electron chi connectivity index (χ1n) is 11.1. The van der Waals surface area contributed by atoms with Crippen molar-refractivity contribution in [2.24, 2.45) is 23.2 Å². The first-order chi connectivity index (χ1) is 13.8. The van der Waals surface area contributed by atoms with E-state index in [4.69, 9.17) is 4.74 Å². The third kappa shape index (κ3) is 3.77. The van der Waals surface area contributed by atoms with Crippen LogP contribution in [0.1, 0.15) is 57.6 Å². The van der Waals surface area contributed by atoms with Crippen LogP contribution in [-0.2, 0) is 9.53 Å². The van der Waals surface area contributed by atoms with Gasteiger partial charge in [0.15, 0.2) is 0 Å². The normalized spacial score (nSPS) is 36.3. The maximum absolute atomic E-state index is 12.8. The molecule has 0 spiro atoms. The molecule has 3 fully saturated rings. The Balaban J connectivity index is 1.46. The second-order valence-electron chi connectivity index (χ2n) is 9.94. The Labute approximate surface area is 174 Å². The summed E-state index contributed by atoms with van der Waals surface area (Å²) in [7, 11) is 2.00. The van der Waals surface area contributed by atoms with Crippen molar-refractivity contribution < 1.29 is 14.6 Å². The largest absolute Gasteiger partial charge is 0.462 e. The Morgan fingerprint density at radius 2 is 2.07 bits per heavy atom. The molecule has 0 unspecified atom stereocenters. The molecular formula is C25H35NO3. The zero-order valence-corrected chi connectivity index (χ0v) is 18.0. The molecule has 4 heteroatoms. The van der Waals surface area contributed by atoms with E-state index >= 15 is 0 Å². The monoisotopic (exact) mass is 397 g/mol. The average molecular weight is 398 g/mol. The molecule has 0 amide bonds. The third-order valence-electron chi connectivity index (χ3n) is 8.10. The Bertz CT molecular complexity index is 763. The predicted molar refractivity (Wildman–Crippen MR) is 114 cm³/mol. The van der Waals surface area contributed by atoms with Gasteiger partial charge in [0.05, 0.1) is 12.0 Å². The van der Waals surface area contributed by atoms with Crippen LogP contribution in [-0.4, -0.2) is 41.7 Å². The van der Waals surface area contributed by atoms with Gasteiger partial charge in [-0.25, -0.2) is 0 Å². The summed E-state index contributed by atoms with van der Waals surface area (Å²) in [6.45, 7) is 9.39. The lowest BCUT2D eigenvalue weighted by atomic mass is 9.55. The molecule has 1 aliphatic heterocycles. The van der Waals surface area contributed by atoms with Crippen LogP contribution in [0.25, 0.3) is 0 Å². The number of nitrogens with zero attached hydrogens (tertiary/aromatic N) is 1. The van der Waals surface area contributed by atoms with E-state index < -0.39 is 6.10 Å². The molecule has 1 aromatic rings. The Hall–Kier alpha value is -1.65. The van der Waals surface area contributed by atoms with Gasteiger partial charge in [0.2, 0.25) is 0 Å². The van der Waals surface area contributed by atoms with E-state index in [9.17, 15) is 9.90 Å². The van der Waals surface area contributed by atoms with Gasteiger partial charge < -0.3 is 9.84 Å². The van der Waals surface area contributed by atoms with Crippen molar-refractivity contribution in [3.05, 3.63) is 48.0 Å². The van der Waals surface area contributed by atoms with Crippen molar-refractivity contribution >= 4 is 5.97 Å². The molecular weight excluding hydrogens is 362 g/mol. The van der Waals surface area contributed by atoms with Crippen LogP contribution in [0.4, 0.5) is 0 Å². The molecule has 1 saturated heterocycles. The molecule has 7 atom stereocenters. The van der Waals surface area contributed by atoms with Crippen molar-refractivity contribution in [2.45, 2.75) is 64.2 Å². The number of hydrogen-bond acceptors (Lipinski definition) is 4. The van der Waals surface area contributed by atoms with E-state index in [2.05, 4.69) is 18.4 Å². The van der Waals surface area contributed by atoms with E-state index in [0.717, 1.165) is 24.8 Å². The standard InChI is InChI=1S/C25H35NO3/c1-16-9-8-12-25(3)14-22-19(13-21(16)25)20(24(28)29-22)15-26(4)17(2)23(27)18-10-6-5-7-11-18/h5-7,10-11,17,19-23,27H,1,8-9,12-15H2,2-4H3/t17-,19+,20+,21+,22+,23+,25+/m0/s1. The first-order valence-corrected chi connectivity index (χ1v) is 11.1. The number of benzene rings is 1. The van der Waals surface area contributed by atoms with Crippen LogP contribution in [0.15, 0.2) is 42.5 Å². The molecule has 2 aliphatic carbocycles. The smallest absolute Gasteiger partial charge is 0.310 e. The Morgan fingerprint density at radius 3 is 2.79 bits per heavy atom. The minimum absolute atomic E-state index is 0.0439. The van der Waals surface area contributed by atoms with Gasteiger partial charge in [-0.3, -0.25) is 9.69 Å². The highest BCUT2D eigenvalue weighted by atomic mass is 16.6. The number of likely N-dealkylation sites (N-methyl/N-ethyl adjacent to an activating group) is 1. The summed E-state index contributed by atoms with van der Waals surface area (Å²) < 4.78 is 5.90. The number of allylic oxidation sites excluding steroid dienone is 1. The summed E-state index contributed by atoms with van der Waals surface area (Å²) in [6, 6.07) is 9.66. The van der Waals surface area contributed by atoms with Gasteiger partial charge in [-0.15, -0.1) is 0 Å². The molecule has 1 heterocycles. The second-order valence-corrected chi connectivity index (χ2v) is 9.94. The van der Waals surface area contributed by atoms with Gasteiger partial charge in [-0.1, -0.05) is 49.4 Å². The summed E-state index contributed by atoms with van der Waals surface area (Å²) in [5.41, 5.74) is 2.51. The number of ether oxygens (including phenoxy) is 1. The van der Waals surface area contributed by atoms with Gasteiger partial charge >= 0.3 is 5.97 Å². The van der Waals surface area contributed by atoms with Gasteiger partial charge in [0.1, 0.15) is 6.10 Å². The van der Waals surface area contributed by atoms with Crippen LogP contribution in [0.3, 0.4) is 0 Å². The minimum atomic E-state index is -0.581. The van der Waals surface area contributed by atoms with Gasteiger partial charge in [0.25, 0.3) is 0 Å². The third-order valence-corrected chi connectivity index (χ3v) is 8.10. The van der Waals surface area contributed by atoms with Crippen molar-refractivity contribution in [1.82, 2.24) is 4.90 Å². The molecule has 4 nitrogen and oxygen atoms in total. The van der Waals surface area contributed by atoms with E-state index in [1.54, 1.807) is 0 Å². The molecule has 4 rings (SSSR count). The van der Waals surface area contributed by atoms with Crippen LogP contribution in [0.2, 0.25) is 0 Å². The van der Waals surface area contributed by atoms with E-state index in [1.807, 2.05) is 44.3 Å². The highest BCUT2D eigenvalue weighted by molar-refractivity contribution is 5.75. The number of carbonyl (C=O) groups excluding carboxylic acids is 1. The molecule has 1 aromatic carbocycles. The molecule has 0 bridgehead atoms. The summed E-state index contributed by atoms with van der Waals surface area (Å²) in [4.78, 5) is 14.9. The summed E-state index contributed by atoms with van der Waals surface area (Å²) in [5, 5.41) is 10.8. The fourth-order valence-corrected chi connectivity index (χ4v) is 6.11. The number of aliphatic hydroxyl groups excluding tert-OH is 1. The van der Waals surface area contributed by atoms with Crippen LogP contribution in [0, 0.1) is 23.2 Å². The van der Waals surface area contributed by atoms with Crippen LogP contribution < -0.4 is 0 Å². The van der Waals surface area contributed by atoms with E-state index in [0.29, 0.717) is 12.5 Å². The highest BCUT2D eigenvalue weighted by Crippen LogP contribution is 2.57. The lowest BCUT2D eigenvalue weighted by Gasteiger charge is -2.50. The van der Waals surface area contributed by atoms with Gasteiger partial charge in [0, 0.05) is 18.5 Å². The van der Waals surface area contributed by atoms with Crippen molar-refractivity contribution in [2.75, 3.05) is 13.6 Å². The lowest BCUT2D eigenvalue weighted by Crippen LogP contribution is -2.46. The SMILES string of the molecule is C=C1CCC[C@]2(C)C[C@H]3OC(=O)[C@H](CN(C)[C@@H](C)[C@@H](O)c4ccccc4)[C@H]3C[C@H]12. The molecule has 3 aliphatic rings. The molecule has 0 aromatic heterocycles. The van der Waals surface area contributed by atoms with E-state index in [1.165, 1.54) is 18.4 Å². The number of rotatable bonds is 5. The number of fused-ring (bicyclic) bond motifs is 2. The average Bonchev–Trinajstić information content (AvgIpc) is 2.99. The van der Waals surface area contributed by atoms with E-state index in [-0.39, 0.29) is 35.4 Å². The lowest BCUT2D eigenvalue weighted by molar-refractivity contribution is -0.146. The molecule has 2 saturated carbocycles. The number of aliphatic hydroxyl groups is 1. The molecule has 158 valence electrons. The fraction of sp³-hybridized carbons (Fsp3) is 0.640.